The van der Waals surface area contributed by atoms with E-state index in [1.165, 1.54) is 12.0 Å². The molecule has 4 bridgehead atoms. The van der Waals surface area contributed by atoms with Crippen molar-refractivity contribution in [3.63, 3.8) is 0 Å². The van der Waals surface area contributed by atoms with Crippen molar-refractivity contribution >= 4 is 11.9 Å². The van der Waals surface area contributed by atoms with E-state index in [2.05, 4.69) is 19.9 Å². The Hall–Kier alpha value is -1.62. The molecule has 2 saturated heterocycles. The molecule has 0 aromatic heterocycles. The van der Waals surface area contributed by atoms with Crippen LogP contribution in [0.15, 0.2) is 23.8 Å². The van der Waals surface area contributed by atoms with Crippen molar-refractivity contribution < 1.29 is 19.4 Å². The first-order chi connectivity index (χ1) is 11.3. The number of allylic oxidation sites excluding steroid dienone is 1. The summed E-state index contributed by atoms with van der Waals surface area (Å²) in [6.07, 6.45) is 7.79. The predicted molar refractivity (Wildman–Crippen MR) is 83.4 cm³/mol. The summed E-state index contributed by atoms with van der Waals surface area (Å²) in [7, 11) is 0. The van der Waals surface area contributed by atoms with Crippen LogP contribution in [0, 0.1) is 29.1 Å². The van der Waals surface area contributed by atoms with Crippen LogP contribution in [0.3, 0.4) is 0 Å². The van der Waals surface area contributed by atoms with Gasteiger partial charge in [0.1, 0.15) is 5.60 Å². The van der Waals surface area contributed by atoms with Crippen molar-refractivity contribution in [3.05, 3.63) is 23.8 Å². The second-order valence-electron chi connectivity index (χ2n) is 8.73. The molecule has 3 aliphatic carbocycles. The van der Waals surface area contributed by atoms with Crippen molar-refractivity contribution in [2.45, 2.75) is 38.4 Å². The summed E-state index contributed by atoms with van der Waals surface area (Å²) < 4.78 is 5.91. The van der Waals surface area contributed by atoms with E-state index in [1.54, 1.807) is 6.08 Å². The second-order valence-corrected chi connectivity index (χ2v) is 8.73. The number of nitrogens with zero attached hydrogens (tertiary/aromatic N) is 1. The molecular weight excluding hydrogens is 306 g/mol. The molecule has 24 heavy (non-hydrogen) atoms. The van der Waals surface area contributed by atoms with Gasteiger partial charge in [0.2, 0.25) is 5.91 Å². The highest BCUT2D eigenvalue weighted by molar-refractivity contribution is 5.90. The van der Waals surface area contributed by atoms with Gasteiger partial charge in [0.05, 0.1) is 18.6 Å². The summed E-state index contributed by atoms with van der Waals surface area (Å²) in [5.41, 5.74) is 0.915. The smallest absolute Gasteiger partial charge is 0.230 e. The van der Waals surface area contributed by atoms with Gasteiger partial charge >= 0.3 is 0 Å². The zero-order valence-electron chi connectivity index (χ0n) is 14.0. The van der Waals surface area contributed by atoms with Gasteiger partial charge in [-0.2, -0.15) is 0 Å². The summed E-state index contributed by atoms with van der Waals surface area (Å²) in [6.45, 7) is 5.70. The summed E-state index contributed by atoms with van der Waals surface area (Å²) in [5.74, 6) is -1.42. The number of carbonyl (C=O) groups is 2. The van der Waals surface area contributed by atoms with Crippen molar-refractivity contribution in [1.82, 2.24) is 4.90 Å². The monoisotopic (exact) mass is 328 g/mol. The van der Waals surface area contributed by atoms with Crippen LogP contribution in [-0.2, 0) is 14.3 Å². The number of hydrogen-bond donors (Lipinski definition) is 0. The van der Waals surface area contributed by atoms with E-state index < -0.39 is 29.5 Å². The topological polar surface area (TPSA) is 69.7 Å². The highest BCUT2D eigenvalue weighted by atomic mass is 16.5. The quantitative estimate of drug-likeness (QED) is 0.708. The van der Waals surface area contributed by atoms with Gasteiger partial charge in [0, 0.05) is 18.4 Å². The van der Waals surface area contributed by atoms with Gasteiger partial charge in [-0.05, 0) is 30.1 Å². The maximum Gasteiger partial charge on any atom is 0.230 e. The number of amides is 1. The number of carboxylic acid groups (broad SMARTS) is 1. The molecule has 128 valence electrons. The molecule has 0 unspecified atom stereocenters. The number of rotatable bonds is 3. The number of carbonyl (C=O) groups excluding carboxylic acids is 2. The maximum absolute atomic E-state index is 12.9. The Kier molecular flexibility index (Phi) is 2.64. The highest BCUT2D eigenvalue weighted by Gasteiger charge is 2.65. The van der Waals surface area contributed by atoms with E-state index in [0.717, 1.165) is 12.3 Å². The fraction of sp³-hybridized carbons (Fsp3) is 0.684. The number of carboxylic acids is 1. The molecule has 3 fully saturated rings. The molecule has 6 atom stereocenters. The fourth-order valence-electron chi connectivity index (χ4n) is 5.86. The van der Waals surface area contributed by atoms with Crippen LogP contribution in [0.1, 0.15) is 26.7 Å². The highest BCUT2D eigenvalue weighted by Crippen LogP contribution is 2.59. The third-order valence-corrected chi connectivity index (χ3v) is 7.41. The van der Waals surface area contributed by atoms with Gasteiger partial charge in [-0.25, -0.2) is 0 Å². The Balaban J connectivity index is 1.40. The zero-order chi connectivity index (χ0) is 16.9. The normalized spacial score (nSPS) is 46.8. The van der Waals surface area contributed by atoms with Crippen LogP contribution in [0.4, 0.5) is 0 Å². The van der Waals surface area contributed by atoms with Gasteiger partial charge in [0.15, 0.2) is 0 Å². The first-order valence-corrected chi connectivity index (χ1v) is 8.89. The van der Waals surface area contributed by atoms with Crippen LogP contribution in [0.2, 0.25) is 0 Å². The summed E-state index contributed by atoms with van der Waals surface area (Å²) in [4.78, 5) is 26.3. The lowest BCUT2D eigenvalue weighted by Gasteiger charge is -2.56. The Morgan fingerprint density at radius 1 is 1.46 bits per heavy atom. The Labute approximate surface area is 141 Å². The molecule has 3 aliphatic heterocycles. The molecule has 5 heteroatoms. The summed E-state index contributed by atoms with van der Waals surface area (Å²) in [5, 5.41) is 11.5. The van der Waals surface area contributed by atoms with Crippen molar-refractivity contribution in [2.75, 3.05) is 13.1 Å². The average molecular weight is 328 g/mol. The number of aliphatic carboxylic acids is 1. The molecule has 5 nitrogen and oxygen atoms in total. The van der Waals surface area contributed by atoms with E-state index in [1.807, 2.05) is 11.0 Å². The van der Waals surface area contributed by atoms with Gasteiger partial charge in [-0.3, -0.25) is 4.79 Å². The van der Waals surface area contributed by atoms with E-state index in [9.17, 15) is 14.7 Å². The zero-order valence-corrected chi connectivity index (χ0v) is 14.0. The minimum atomic E-state index is -1.17. The lowest BCUT2D eigenvalue weighted by atomic mass is 9.49. The molecule has 0 N–H and O–H groups in total. The first-order valence-electron chi connectivity index (χ1n) is 8.89. The van der Waals surface area contributed by atoms with E-state index in [0.29, 0.717) is 24.4 Å². The van der Waals surface area contributed by atoms with E-state index in [4.69, 9.17) is 4.74 Å². The minimum Gasteiger partial charge on any atom is -0.550 e. The third kappa shape index (κ3) is 1.59. The fourth-order valence-corrected chi connectivity index (χ4v) is 5.86. The van der Waals surface area contributed by atoms with Crippen molar-refractivity contribution in [2.24, 2.45) is 29.1 Å². The Morgan fingerprint density at radius 2 is 2.25 bits per heavy atom. The number of ether oxygens (including phenoxy) is 1. The minimum absolute atomic E-state index is 0.0868. The van der Waals surface area contributed by atoms with E-state index in [-0.39, 0.29) is 5.91 Å². The number of fused-ring (bicyclic) bond motifs is 2. The second kappa shape index (κ2) is 4.31. The van der Waals surface area contributed by atoms with Crippen LogP contribution in [0.5, 0.6) is 0 Å². The Bertz CT molecular complexity index is 708. The standard InChI is InChI=1S/C19H23NO4/c1-18(2)11-4-3-10(12(18)7-11)8-20-9-19-6-5-13(24-19)14(17(22)23)15(19)16(20)21/h3,5-6,11-15H,4,7-9H2,1-2H3,(H,22,23)/p-1/t11-,12-,13-,14+,15-,19+/m0/s1. The predicted octanol–water partition coefficient (Wildman–Crippen LogP) is 0.511. The molecule has 6 rings (SSSR count). The van der Waals surface area contributed by atoms with Gasteiger partial charge in [-0.15, -0.1) is 0 Å². The molecule has 1 saturated carbocycles. The molecular formula is C19H22NO4-. The van der Waals surface area contributed by atoms with Crippen LogP contribution < -0.4 is 5.11 Å². The largest absolute Gasteiger partial charge is 0.550 e. The number of hydrogen-bond acceptors (Lipinski definition) is 4. The maximum atomic E-state index is 12.9. The molecule has 0 radical (unpaired) electrons. The van der Waals surface area contributed by atoms with Crippen LogP contribution >= 0.6 is 0 Å². The first kappa shape index (κ1) is 14.7. The van der Waals surface area contributed by atoms with Crippen LogP contribution in [0.25, 0.3) is 0 Å². The van der Waals surface area contributed by atoms with Gasteiger partial charge in [-0.1, -0.05) is 37.6 Å². The summed E-state index contributed by atoms with van der Waals surface area (Å²) >= 11 is 0. The van der Waals surface area contributed by atoms with E-state index >= 15 is 0 Å². The van der Waals surface area contributed by atoms with Gasteiger partial charge < -0.3 is 19.5 Å². The number of likely N-dealkylation sites (tertiary alicyclic amines) is 1. The lowest BCUT2D eigenvalue weighted by molar-refractivity contribution is -0.313. The SMILES string of the molecule is CC1(C)[C@H]2CC=C(CN3C[C@@]45C=C[C@H](O4)[C@@H](C(=O)[O-])[C@H]5C3=O)[C@@H]1C2. The molecule has 6 aliphatic rings. The summed E-state index contributed by atoms with van der Waals surface area (Å²) in [6, 6.07) is 0. The van der Waals surface area contributed by atoms with Gasteiger partial charge in [0.25, 0.3) is 0 Å². The lowest BCUT2D eigenvalue weighted by Crippen LogP contribution is -2.50. The van der Waals surface area contributed by atoms with Crippen molar-refractivity contribution in [1.29, 1.82) is 0 Å². The molecule has 1 amide bonds. The van der Waals surface area contributed by atoms with Crippen LogP contribution in [-0.4, -0.2) is 41.6 Å². The molecule has 3 heterocycles. The Morgan fingerprint density at radius 3 is 2.92 bits per heavy atom. The average Bonchev–Trinajstić information content (AvgIpc) is 3.16. The third-order valence-electron chi connectivity index (χ3n) is 7.41. The molecule has 0 aromatic rings. The molecule has 0 aromatic carbocycles. The molecule has 1 spiro atoms. The van der Waals surface area contributed by atoms with Crippen molar-refractivity contribution in [3.8, 4) is 0 Å².